The summed E-state index contributed by atoms with van der Waals surface area (Å²) in [6.07, 6.45) is 0. The van der Waals surface area contributed by atoms with Gasteiger partial charge in [-0.25, -0.2) is 0 Å². The Morgan fingerprint density at radius 3 is 2.88 bits per heavy atom. The van der Waals surface area contributed by atoms with E-state index in [1.165, 1.54) is 4.88 Å². The van der Waals surface area contributed by atoms with Gasteiger partial charge in [0.15, 0.2) is 0 Å². The van der Waals surface area contributed by atoms with Gasteiger partial charge in [0.2, 0.25) is 0 Å². The lowest BCUT2D eigenvalue weighted by Crippen LogP contribution is -1.97. The summed E-state index contributed by atoms with van der Waals surface area (Å²) in [5, 5.41) is 5.45. The highest BCUT2D eigenvalue weighted by Crippen LogP contribution is 2.28. The maximum atomic E-state index is 5.18. The van der Waals surface area contributed by atoms with Crippen LogP contribution in [-0.4, -0.2) is 7.11 Å². The van der Waals surface area contributed by atoms with Crippen molar-refractivity contribution in [1.82, 2.24) is 0 Å². The van der Waals surface area contributed by atoms with E-state index >= 15 is 0 Å². The van der Waals surface area contributed by atoms with Gasteiger partial charge in [0.1, 0.15) is 5.75 Å². The summed E-state index contributed by atoms with van der Waals surface area (Å²) in [6, 6.07) is 10.2. The molecule has 2 aromatic rings. The quantitative estimate of drug-likeness (QED) is 0.916. The summed E-state index contributed by atoms with van der Waals surface area (Å²) in [5.41, 5.74) is 1.08. The number of methoxy groups -OCH3 is 1. The highest BCUT2D eigenvalue weighted by molar-refractivity contribution is 9.10. The van der Waals surface area contributed by atoms with Crippen molar-refractivity contribution in [3.63, 3.8) is 0 Å². The molecule has 0 bridgehead atoms. The van der Waals surface area contributed by atoms with E-state index in [1.807, 2.05) is 18.2 Å². The molecule has 0 aliphatic heterocycles. The van der Waals surface area contributed by atoms with E-state index in [0.29, 0.717) is 0 Å². The first-order chi connectivity index (χ1) is 7.79. The number of hydrogen-bond donors (Lipinski definition) is 1. The van der Waals surface area contributed by atoms with Gasteiger partial charge >= 0.3 is 0 Å². The number of benzene rings is 1. The molecule has 2 rings (SSSR count). The van der Waals surface area contributed by atoms with Crippen molar-refractivity contribution in [2.75, 3.05) is 12.4 Å². The normalized spacial score (nSPS) is 10.1. The fraction of sp³-hybridized carbons (Fsp3) is 0.167. The summed E-state index contributed by atoms with van der Waals surface area (Å²) in [7, 11) is 1.67. The largest absolute Gasteiger partial charge is 0.496 e. The van der Waals surface area contributed by atoms with Crippen molar-refractivity contribution < 1.29 is 4.74 Å². The molecule has 16 heavy (non-hydrogen) atoms. The van der Waals surface area contributed by atoms with Gasteiger partial charge in [-0.1, -0.05) is 6.07 Å². The highest BCUT2D eigenvalue weighted by Gasteiger charge is 2.01. The predicted octanol–water partition coefficient (Wildman–Crippen LogP) is 4.13. The van der Waals surface area contributed by atoms with Gasteiger partial charge in [-0.3, -0.25) is 0 Å². The monoisotopic (exact) mass is 297 g/mol. The molecular weight excluding hydrogens is 286 g/mol. The molecule has 1 aromatic carbocycles. The number of nitrogens with one attached hydrogen (secondary N) is 1. The van der Waals surface area contributed by atoms with Crippen LogP contribution in [0.1, 0.15) is 4.88 Å². The van der Waals surface area contributed by atoms with Crippen LogP contribution in [0.2, 0.25) is 0 Å². The Kier molecular flexibility index (Phi) is 3.85. The standard InChI is InChI=1S/C12H12BrNOS/c1-15-12-5-4-9(7-11(12)13)14-8-10-3-2-6-16-10/h2-7,14H,8H2,1H3. The topological polar surface area (TPSA) is 21.3 Å². The first-order valence-electron chi connectivity index (χ1n) is 4.89. The van der Waals surface area contributed by atoms with Gasteiger partial charge in [0.25, 0.3) is 0 Å². The van der Waals surface area contributed by atoms with Crippen LogP contribution >= 0.6 is 27.3 Å². The Hall–Kier alpha value is -1.00. The third-order valence-corrected chi connectivity index (χ3v) is 3.69. The fourth-order valence-corrected chi connectivity index (χ4v) is 2.56. The first kappa shape index (κ1) is 11.5. The van der Waals surface area contributed by atoms with Gasteiger partial charge in [0.05, 0.1) is 11.6 Å². The fourth-order valence-electron chi connectivity index (χ4n) is 1.38. The number of ether oxygens (including phenoxy) is 1. The van der Waals surface area contributed by atoms with Crippen LogP contribution in [0.25, 0.3) is 0 Å². The first-order valence-corrected chi connectivity index (χ1v) is 6.56. The van der Waals surface area contributed by atoms with Gasteiger partial charge in [0, 0.05) is 17.1 Å². The average molecular weight is 298 g/mol. The van der Waals surface area contributed by atoms with E-state index in [2.05, 4.69) is 38.8 Å². The van der Waals surface area contributed by atoms with Crippen molar-refractivity contribution in [3.05, 3.63) is 45.1 Å². The van der Waals surface area contributed by atoms with Crippen LogP contribution in [0.5, 0.6) is 5.75 Å². The Labute approximate surface area is 107 Å². The smallest absolute Gasteiger partial charge is 0.133 e. The molecule has 84 valence electrons. The van der Waals surface area contributed by atoms with Crippen LogP contribution in [0.4, 0.5) is 5.69 Å². The van der Waals surface area contributed by atoms with E-state index in [4.69, 9.17) is 4.74 Å². The molecule has 0 aliphatic carbocycles. The zero-order chi connectivity index (χ0) is 11.4. The molecule has 4 heteroatoms. The van der Waals surface area contributed by atoms with Gasteiger partial charge in [-0.15, -0.1) is 11.3 Å². The lowest BCUT2D eigenvalue weighted by molar-refractivity contribution is 0.412. The predicted molar refractivity (Wildman–Crippen MR) is 72.3 cm³/mol. The van der Waals surface area contributed by atoms with Crippen molar-refractivity contribution >= 4 is 33.0 Å². The lowest BCUT2D eigenvalue weighted by Gasteiger charge is -2.08. The molecule has 0 radical (unpaired) electrons. The third kappa shape index (κ3) is 2.77. The number of rotatable bonds is 4. The number of thiophene rings is 1. The maximum Gasteiger partial charge on any atom is 0.133 e. The summed E-state index contributed by atoms with van der Waals surface area (Å²) < 4.78 is 6.14. The van der Waals surface area contributed by atoms with Crippen molar-refractivity contribution in [1.29, 1.82) is 0 Å². The molecule has 0 amide bonds. The summed E-state index contributed by atoms with van der Waals surface area (Å²) in [5.74, 6) is 0.849. The Balaban J connectivity index is 2.02. The minimum absolute atomic E-state index is 0.849. The van der Waals surface area contributed by atoms with Crippen LogP contribution < -0.4 is 10.1 Å². The van der Waals surface area contributed by atoms with Gasteiger partial charge in [-0.2, -0.15) is 0 Å². The minimum atomic E-state index is 0.849. The second-order valence-electron chi connectivity index (χ2n) is 3.28. The van der Waals surface area contributed by atoms with Crippen molar-refractivity contribution in [3.8, 4) is 5.75 Å². The second kappa shape index (κ2) is 5.37. The molecule has 0 saturated heterocycles. The molecule has 2 nitrogen and oxygen atoms in total. The van der Waals surface area contributed by atoms with Gasteiger partial charge in [-0.05, 0) is 45.6 Å². The zero-order valence-electron chi connectivity index (χ0n) is 8.87. The van der Waals surface area contributed by atoms with Gasteiger partial charge < -0.3 is 10.1 Å². The van der Waals surface area contributed by atoms with Crippen molar-refractivity contribution in [2.24, 2.45) is 0 Å². The maximum absolute atomic E-state index is 5.18. The summed E-state index contributed by atoms with van der Waals surface area (Å²) >= 11 is 5.22. The number of halogens is 1. The highest BCUT2D eigenvalue weighted by atomic mass is 79.9. The number of anilines is 1. The van der Waals surface area contributed by atoms with Crippen LogP contribution in [-0.2, 0) is 6.54 Å². The van der Waals surface area contributed by atoms with E-state index < -0.39 is 0 Å². The van der Waals surface area contributed by atoms with E-state index in [0.717, 1.165) is 22.5 Å². The van der Waals surface area contributed by atoms with E-state index in [9.17, 15) is 0 Å². The van der Waals surface area contributed by atoms with Crippen LogP contribution in [0.3, 0.4) is 0 Å². The van der Waals surface area contributed by atoms with E-state index in [-0.39, 0.29) is 0 Å². The third-order valence-electron chi connectivity index (χ3n) is 2.20. The molecule has 0 aliphatic rings. The Morgan fingerprint density at radius 2 is 2.25 bits per heavy atom. The molecule has 0 fully saturated rings. The molecule has 0 unspecified atom stereocenters. The SMILES string of the molecule is COc1ccc(NCc2cccs2)cc1Br. The summed E-state index contributed by atoms with van der Waals surface area (Å²) in [6.45, 7) is 0.858. The van der Waals surface area contributed by atoms with Crippen molar-refractivity contribution in [2.45, 2.75) is 6.54 Å². The Bertz CT molecular complexity index is 456. The molecular formula is C12H12BrNOS. The van der Waals surface area contributed by atoms with Crippen LogP contribution in [0.15, 0.2) is 40.2 Å². The average Bonchev–Trinajstić information content (AvgIpc) is 2.79. The molecule has 1 N–H and O–H groups in total. The summed E-state index contributed by atoms with van der Waals surface area (Å²) in [4.78, 5) is 1.33. The second-order valence-corrected chi connectivity index (χ2v) is 5.17. The van der Waals surface area contributed by atoms with Crippen LogP contribution in [0, 0.1) is 0 Å². The molecule has 0 saturated carbocycles. The lowest BCUT2D eigenvalue weighted by atomic mass is 10.3. The minimum Gasteiger partial charge on any atom is -0.496 e. The Morgan fingerprint density at radius 1 is 1.38 bits per heavy atom. The number of hydrogen-bond acceptors (Lipinski definition) is 3. The zero-order valence-corrected chi connectivity index (χ0v) is 11.3. The molecule has 1 heterocycles. The molecule has 0 atom stereocenters. The molecule has 0 spiro atoms. The molecule has 1 aromatic heterocycles. The van der Waals surface area contributed by atoms with E-state index in [1.54, 1.807) is 18.4 Å².